The van der Waals surface area contributed by atoms with E-state index in [0.29, 0.717) is 11.8 Å². The summed E-state index contributed by atoms with van der Waals surface area (Å²) in [4.78, 5) is 0. The first-order valence-corrected chi connectivity index (χ1v) is 6.39. The maximum Gasteiger partial charge on any atom is 0.0568 e. The van der Waals surface area contributed by atoms with E-state index in [1.807, 2.05) is 6.07 Å². The van der Waals surface area contributed by atoms with Gasteiger partial charge in [0, 0.05) is 5.02 Å². The quantitative estimate of drug-likeness (QED) is 0.835. The van der Waals surface area contributed by atoms with Crippen LogP contribution in [0.25, 0.3) is 0 Å². The van der Waals surface area contributed by atoms with Gasteiger partial charge in [0.25, 0.3) is 0 Å². The van der Waals surface area contributed by atoms with Gasteiger partial charge in [0.2, 0.25) is 0 Å². The second kappa shape index (κ2) is 4.77. The van der Waals surface area contributed by atoms with Gasteiger partial charge in [0.05, 0.1) is 6.10 Å². The molecule has 0 saturated heterocycles. The Balaban J connectivity index is 2.09. The summed E-state index contributed by atoms with van der Waals surface area (Å²) in [5.41, 5.74) is 2.42. The molecule has 0 aromatic heterocycles. The van der Waals surface area contributed by atoms with Gasteiger partial charge in [-0.15, -0.1) is 0 Å². The summed E-state index contributed by atoms with van der Waals surface area (Å²) in [5, 5.41) is 10.6. The Morgan fingerprint density at radius 2 is 2.12 bits per heavy atom. The SMILES string of the molecule is Cc1ccc(CC2CCC(O)C2C)c(Cl)c1. The lowest BCUT2D eigenvalue weighted by atomic mass is 9.90. The lowest BCUT2D eigenvalue weighted by molar-refractivity contribution is 0.127. The third kappa shape index (κ3) is 2.41. The van der Waals surface area contributed by atoms with Crippen LogP contribution in [-0.4, -0.2) is 11.2 Å². The average molecular weight is 239 g/mol. The van der Waals surface area contributed by atoms with E-state index in [1.54, 1.807) is 0 Å². The molecule has 2 rings (SSSR count). The van der Waals surface area contributed by atoms with Crippen LogP contribution >= 0.6 is 11.6 Å². The Morgan fingerprint density at radius 1 is 1.38 bits per heavy atom. The van der Waals surface area contributed by atoms with E-state index >= 15 is 0 Å². The van der Waals surface area contributed by atoms with E-state index < -0.39 is 0 Å². The van der Waals surface area contributed by atoms with Crippen molar-refractivity contribution in [2.45, 2.75) is 39.2 Å². The number of aliphatic hydroxyl groups excluding tert-OH is 1. The minimum Gasteiger partial charge on any atom is -0.393 e. The number of aliphatic hydroxyl groups is 1. The third-order valence-corrected chi connectivity index (χ3v) is 4.23. The van der Waals surface area contributed by atoms with Gasteiger partial charge in [-0.25, -0.2) is 0 Å². The molecular formula is C14H19ClO. The lowest BCUT2D eigenvalue weighted by Crippen LogP contribution is -2.17. The summed E-state index contributed by atoms with van der Waals surface area (Å²) in [6, 6.07) is 6.25. The highest BCUT2D eigenvalue weighted by atomic mass is 35.5. The molecule has 1 N–H and O–H groups in total. The Morgan fingerprint density at radius 3 is 2.69 bits per heavy atom. The molecule has 16 heavy (non-hydrogen) atoms. The topological polar surface area (TPSA) is 20.2 Å². The van der Waals surface area contributed by atoms with Crippen molar-refractivity contribution < 1.29 is 5.11 Å². The van der Waals surface area contributed by atoms with Crippen LogP contribution in [0.1, 0.15) is 30.9 Å². The maximum absolute atomic E-state index is 9.73. The Hall–Kier alpha value is -0.530. The molecule has 1 aromatic carbocycles. The van der Waals surface area contributed by atoms with Crippen molar-refractivity contribution in [2.24, 2.45) is 11.8 Å². The molecule has 1 nitrogen and oxygen atoms in total. The highest BCUT2D eigenvalue weighted by molar-refractivity contribution is 6.31. The maximum atomic E-state index is 9.73. The summed E-state index contributed by atoms with van der Waals surface area (Å²) >= 11 is 6.23. The number of benzene rings is 1. The molecule has 0 aliphatic heterocycles. The number of halogens is 1. The third-order valence-electron chi connectivity index (χ3n) is 3.87. The van der Waals surface area contributed by atoms with E-state index in [0.717, 1.165) is 24.3 Å². The number of rotatable bonds is 2. The van der Waals surface area contributed by atoms with Gasteiger partial charge >= 0.3 is 0 Å². The number of aryl methyl sites for hydroxylation is 1. The Labute approximate surface area is 102 Å². The van der Waals surface area contributed by atoms with Crippen LogP contribution in [0, 0.1) is 18.8 Å². The highest BCUT2D eigenvalue weighted by Gasteiger charge is 2.31. The zero-order valence-electron chi connectivity index (χ0n) is 9.91. The molecule has 3 unspecified atom stereocenters. The van der Waals surface area contributed by atoms with Crippen LogP contribution in [0.5, 0.6) is 0 Å². The highest BCUT2D eigenvalue weighted by Crippen LogP contribution is 2.35. The normalized spacial score (nSPS) is 29.6. The monoisotopic (exact) mass is 238 g/mol. The molecule has 1 aromatic rings. The van der Waals surface area contributed by atoms with Crippen LogP contribution in [0.15, 0.2) is 18.2 Å². The van der Waals surface area contributed by atoms with Crippen molar-refractivity contribution >= 4 is 11.6 Å². The van der Waals surface area contributed by atoms with Crippen LogP contribution in [0.2, 0.25) is 5.02 Å². The van der Waals surface area contributed by atoms with Crippen LogP contribution in [0.3, 0.4) is 0 Å². The summed E-state index contributed by atoms with van der Waals surface area (Å²) in [7, 11) is 0. The van der Waals surface area contributed by atoms with Crippen molar-refractivity contribution in [3.8, 4) is 0 Å². The van der Waals surface area contributed by atoms with Crippen LogP contribution in [-0.2, 0) is 6.42 Å². The number of hydrogen-bond donors (Lipinski definition) is 1. The second-order valence-corrected chi connectivity index (χ2v) is 5.47. The minimum atomic E-state index is -0.116. The van der Waals surface area contributed by atoms with Crippen molar-refractivity contribution in [1.82, 2.24) is 0 Å². The summed E-state index contributed by atoms with van der Waals surface area (Å²) < 4.78 is 0. The molecule has 1 saturated carbocycles. The van der Waals surface area contributed by atoms with Gasteiger partial charge in [0.1, 0.15) is 0 Å². The first kappa shape index (κ1) is 11.9. The summed E-state index contributed by atoms with van der Waals surface area (Å²) in [6.45, 7) is 4.20. The molecule has 0 radical (unpaired) electrons. The van der Waals surface area contributed by atoms with E-state index in [4.69, 9.17) is 11.6 Å². The van der Waals surface area contributed by atoms with Crippen molar-refractivity contribution in [2.75, 3.05) is 0 Å². The van der Waals surface area contributed by atoms with Crippen LogP contribution < -0.4 is 0 Å². The van der Waals surface area contributed by atoms with Gasteiger partial charge in [-0.05, 0) is 55.2 Å². The van der Waals surface area contributed by atoms with Crippen LogP contribution in [0.4, 0.5) is 0 Å². The molecule has 0 amide bonds. The predicted octanol–water partition coefficient (Wildman–Crippen LogP) is 3.60. The zero-order valence-corrected chi connectivity index (χ0v) is 10.7. The minimum absolute atomic E-state index is 0.116. The van der Waals surface area contributed by atoms with E-state index in [1.165, 1.54) is 11.1 Å². The molecule has 0 bridgehead atoms. The Kier molecular flexibility index (Phi) is 3.56. The zero-order chi connectivity index (χ0) is 11.7. The Bertz CT molecular complexity index is 375. The first-order valence-electron chi connectivity index (χ1n) is 6.01. The average Bonchev–Trinajstić information content (AvgIpc) is 2.54. The van der Waals surface area contributed by atoms with E-state index in [2.05, 4.69) is 26.0 Å². The number of hydrogen-bond acceptors (Lipinski definition) is 1. The molecule has 1 aliphatic carbocycles. The van der Waals surface area contributed by atoms with Crippen molar-refractivity contribution in [3.05, 3.63) is 34.3 Å². The molecular weight excluding hydrogens is 220 g/mol. The molecule has 0 heterocycles. The van der Waals surface area contributed by atoms with Gasteiger partial charge in [-0.2, -0.15) is 0 Å². The largest absolute Gasteiger partial charge is 0.393 e. The summed E-state index contributed by atoms with van der Waals surface area (Å²) in [6.07, 6.45) is 2.94. The first-order chi connectivity index (χ1) is 7.58. The van der Waals surface area contributed by atoms with Gasteiger partial charge in [-0.1, -0.05) is 30.7 Å². The summed E-state index contributed by atoms with van der Waals surface area (Å²) in [5.74, 6) is 0.979. The van der Waals surface area contributed by atoms with Gasteiger partial charge < -0.3 is 5.11 Å². The smallest absolute Gasteiger partial charge is 0.0568 e. The molecule has 3 atom stereocenters. The lowest BCUT2D eigenvalue weighted by Gasteiger charge is -2.18. The predicted molar refractivity (Wildman–Crippen MR) is 67.8 cm³/mol. The molecule has 1 fully saturated rings. The molecule has 88 valence electrons. The fourth-order valence-corrected chi connectivity index (χ4v) is 2.93. The molecule has 1 aliphatic rings. The van der Waals surface area contributed by atoms with Gasteiger partial charge in [-0.3, -0.25) is 0 Å². The van der Waals surface area contributed by atoms with E-state index in [-0.39, 0.29) is 6.10 Å². The van der Waals surface area contributed by atoms with Gasteiger partial charge in [0.15, 0.2) is 0 Å². The van der Waals surface area contributed by atoms with Crippen molar-refractivity contribution in [3.63, 3.8) is 0 Å². The fourth-order valence-electron chi connectivity index (χ4n) is 2.61. The second-order valence-electron chi connectivity index (χ2n) is 5.06. The molecule has 0 spiro atoms. The molecule has 2 heteroatoms. The fraction of sp³-hybridized carbons (Fsp3) is 0.571. The van der Waals surface area contributed by atoms with Crippen molar-refractivity contribution in [1.29, 1.82) is 0 Å². The standard InChI is InChI=1S/C14H19ClO/c1-9-3-4-12(13(15)7-9)8-11-5-6-14(16)10(11)2/h3-4,7,10-11,14,16H,5-6,8H2,1-2H3. The van der Waals surface area contributed by atoms with E-state index in [9.17, 15) is 5.11 Å².